The van der Waals surface area contributed by atoms with Gasteiger partial charge in [-0.2, -0.15) is 0 Å². The lowest BCUT2D eigenvalue weighted by Gasteiger charge is -2.18. The van der Waals surface area contributed by atoms with Crippen LogP contribution in [0.1, 0.15) is 0 Å². The molecule has 0 spiro atoms. The van der Waals surface area contributed by atoms with E-state index in [0.29, 0.717) is 0 Å². The number of hydrogen-bond donors (Lipinski definition) is 0. The van der Waals surface area contributed by atoms with Gasteiger partial charge in [0.1, 0.15) is 0 Å². The van der Waals surface area contributed by atoms with E-state index < -0.39 is 0 Å². The van der Waals surface area contributed by atoms with Crippen molar-refractivity contribution < 1.29 is 0 Å². The van der Waals surface area contributed by atoms with Gasteiger partial charge in [0.15, 0.2) is 0 Å². The van der Waals surface area contributed by atoms with Crippen LogP contribution in [0, 0.1) is 0 Å². The first-order chi connectivity index (χ1) is 27.8. The van der Waals surface area contributed by atoms with Crippen molar-refractivity contribution in [3.05, 3.63) is 188 Å². The quantitative estimate of drug-likeness (QED) is 0.166. The van der Waals surface area contributed by atoms with Gasteiger partial charge in [0.2, 0.25) is 0 Å². The maximum Gasteiger partial charge on any atom is 0.0987 e. The summed E-state index contributed by atoms with van der Waals surface area (Å²) in [5.41, 5.74) is 13.8. The van der Waals surface area contributed by atoms with Crippen molar-refractivity contribution in [2.75, 3.05) is 0 Å². The summed E-state index contributed by atoms with van der Waals surface area (Å²) < 4.78 is 0. The number of benzene rings is 7. The smallest absolute Gasteiger partial charge is 0.0987 e. The van der Waals surface area contributed by atoms with E-state index in [1.807, 2.05) is 36.5 Å². The molecule has 4 heterocycles. The Bertz CT molecular complexity index is 3290. The molecule has 0 aliphatic carbocycles. The van der Waals surface area contributed by atoms with Crippen LogP contribution in [0.5, 0.6) is 0 Å². The molecule has 0 aliphatic heterocycles. The van der Waals surface area contributed by atoms with Gasteiger partial charge in [-0.05, 0) is 35.9 Å². The number of hydrogen-bond acceptors (Lipinski definition) is 5. The van der Waals surface area contributed by atoms with Gasteiger partial charge in [-0.1, -0.05) is 152 Å². The van der Waals surface area contributed by atoms with Crippen molar-refractivity contribution in [2.45, 2.75) is 0 Å². The second kappa shape index (κ2) is 13.0. The molecular formula is C51H31N5. The highest BCUT2D eigenvalue weighted by Crippen LogP contribution is 2.43. The largest absolute Gasteiger partial charge is 0.254 e. The lowest BCUT2D eigenvalue weighted by molar-refractivity contribution is 1.30. The average Bonchev–Trinajstić information content (AvgIpc) is 3.28. The van der Waals surface area contributed by atoms with Gasteiger partial charge in [0, 0.05) is 60.9 Å². The standard InChI is InChI=1S/C51H31N5/c1-4-14-32(15-5-1)45-41-31-40(37-20-12-21-38(30-37)42-28-27-36-26-25-35-22-13-29-52-46(35)47(36)53-42)50-51(44(41)39-23-10-11-24-43(39)54-45)56-49(34-18-8-3-9-19-34)48(55-50)33-16-6-2-7-17-33/h1-31H. The third kappa shape index (κ3) is 5.29. The second-order valence-corrected chi connectivity index (χ2v) is 14.0. The van der Waals surface area contributed by atoms with Crippen LogP contribution in [0.4, 0.5) is 0 Å². The number of aromatic nitrogens is 5. The Morgan fingerprint density at radius 3 is 1.64 bits per heavy atom. The Morgan fingerprint density at radius 2 is 0.911 bits per heavy atom. The Morgan fingerprint density at radius 1 is 0.321 bits per heavy atom. The summed E-state index contributed by atoms with van der Waals surface area (Å²) in [4.78, 5) is 26.5. The molecule has 4 aromatic heterocycles. The summed E-state index contributed by atoms with van der Waals surface area (Å²) in [6, 6.07) is 62.9. The van der Waals surface area contributed by atoms with Crippen molar-refractivity contribution in [3.63, 3.8) is 0 Å². The molecule has 11 aromatic rings. The number of nitrogens with zero attached hydrogens (tertiary/aromatic N) is 5. The zero-order chi connectivity index (χ0) is 37.0. The Balaban J connectivity index is 1.25. The van der Waals surface area contributed by atoms with Crippen LogP contribution in [-0.4, -0.2) is 24.9 Å². The first kappa shape index (κ1) is 31.9. The average molecular weight is 714 g/mol. The van der Waals surface area contributed by atoms with Crippen LogP contribution in [0.25, 0.3) is 111 Å². The number of para-hydroxylation sites is 1. The predicted molar refractivity (Wildman–Crippen MR) is 230 cm³/mol. The minimum absolute atomic E-state index is 0.824. The molecule has 56 heavy (non-hydrogen) atoms. The topological polar surface area (TPSA) is 64.5 Å². The van der Waals surface area contributed by atoms with Gasteiger partial charge >= 0.3 is 0 Å². The molecule has 260 valence electrons. The van der Waals surface area contributed by atoms with Gasteiger partial charge in [-0.15, -0.1) is 0 Å². The molecule has 0 radical (unpaired) electrons. The maximum atomic E-state index is 5.66. The highest BCUT2D eigenvalue weighted by atomic mass is 14.8. The van der Waals surface area contributed by atoms with E-state index in [0.717, 1.165) is 111 Å². The van der Waals surface area contributed by atoms with Crippen molar-refractivity contribution in [1.29, 1.82) is 0 Å². The highest BCUT2D eigenvalue weighted by molar-refractivity contribution is 6.24. The van der Waals surface area contributed by atoms with Crippen LogP contribution in [-0.2, 0) is 0 Å². The summed E-state index contributed by atoms with van der Waals surface area (Å²) in [7, 11) is 0. The Hall–Kier alpha value is -7.63. The van der Waals surface area contributed by atoms with Crippen LogP contribution in [0.2, 0.25) is 0 Å². The van der Waals surface area contributed by atoms with E-state index in [2.05, 4.69) is 152 Å². The van der Waals surface area contributed by atoms with Crippen molar-refractivity contribution in [1.82, 2.24) is 24.9 Å². The van der Waals surface area contributed by atoms with Crippen LogP contribution in [0.3, 0.4) is 0 Å². The van der Waals surface area contributed by atoms with E-state index in [9.17, 15) is 0 Å². The minimum Gasteiger partial charge on any atom is -0.254 e. The third-order valence-electron chi connectivity index (χ3n) is 10.6. The summed E-state index contributed by atoms with van der Waals surface area (Å²) in [5.74, 6) is 0. The summed E-state index contributed by atoms with van der Waals surface area (Å²) in [6.45, 7) is 0. The molecule has 0 fully saturated rings. The first-order valence-electron chi connectivity index (χ1n) is 18.8. The molecule has 0 bridgehead atoms. The Kier molecular flexibility index (Phi) is 7.42. The molecule has 7 aromatic carbocycles. The van der Waals surface area contributed by atoms with E-state index >= 15 is 0 Å². The molecule has 0 saturated heterocycles. The number of pyridine rings is 3. The predicted octanol–water partition coefficient (Wildman–Crippen LogP) is 12.8. The molecule has 0 aliphatic rings. The fourth-order valence-corrected chi connectivity index (χ4v) is 7.99. The third-order valence-corrected chi connectivity index (χ3v) is 10.6. The normalized spacial score (nSPS) is 11.6. The number of rotatable bonds is 5. The molecule has 0 unspecified atom stereocenters. The Labute approximate surface area is 322 Å². The second-order valence-electron chi connectivity index (χ2n) is 14.0. The molecule has 0 atom stereocenters. The zero-order valence-electron chi connectivity index (χ0n) is 30.1. The number of fused-ring (bicyclic) bond motifs is 8. The molecule has 0 N–H and O–H groups in total. The highest BCUT2D eigenvalue weighted by Gasteiger charge is 2.22. The van der Waals surface area contributed by atoms with Gasteiger partial charge in [-0.3, -0.25) is 4.98 Å². The monoisotopic (exact) mass is 713 g/mol. The van der Waals surface area contributed by atoms with Crippen LogP contribution < -0.4 is 0 Å². The SMILES string of the molecule is c1ccc(-c2nc3c(-c4cccc(-c5ccc6ccc7cccnc7c6n5)c4)cc4c(-c5ccccc5)nc5ccccc5c4c3nc2-c2ccccc2)cc1. The summed E-state index contributed by atoms with van der Waals surface area (Å²) in [6.07, 6.45) is 1.83. The lowest BCUT2D eigenvalue weighted by atomic mass is 9.92. The fraction of sp³-hybridized carbons (Fsp3) is 0. The van der Waals surface area contributed by atoms with Gasteiger partial charge in [0.25, 0.3) is 0 Å². The first-order valence-corrected chi connectivity index (χ1v) is 18.8. The summed E-state index contributed by atoms with van der Waals surface area (Å²) in [5, 5.41) is 5.21. The molecule has 5 nitrogen and oxygen atoms in total. The molecule has 11 rings (SSSR count). The van der Waals surface area contributed by atoms with Gasteiger partial charge in [0.05, 0.1) is 50.4 Å². The summed E-state index contributed by atoms with van der Waals surface area (Å²) >= 11 is 0. The van der Waals surface area contributed by atoms with Crippen LogP contribution >= 0.6 is 0 Å². The molecular weight excluding hydrogens is 683 g/mol. The van der Waals surface area contributed by atoms with Crippen molar-refractivity contribution in [3.8, 4) is 56.2 Å². The molecule has 0 saturated carbocycles. The van der Waals surface area contributed by atoms with Gasteiger partial charge < -0.3 is 0 Å². The van der Waals surface area contributed by atoms with Crippen molar-refractivity contribution >= 4 is 54.5 Å². The van der Waals surface area contributed by atoms with E-state index in [-0.39, 0.29) is 0 Å². The van der Waals surface area contributed by atoms with Crippen molar-refractivity contribution in [2.24, 2.45) is 0 Å². The molecule has 5 heteroatoms. The lowest BCUT2D eigenvalue weighted by Crippen LogP contribution is -2.00. The van der Waals surface area contributed by atoms with E-state index in [1.54, 1.807) is 0 Å². The zero-order valence-corrected chi connectivity index (χ0v) is 30.1. The molecule has 0 amide bonds. The maximum absolute atomic E-state index is 5.66. The van der Waals surface area contributed by atoms with Crippen LogP contribution in [0.15, 0.2) is 188 Å². The fourth-order valence-electron chi connectivity index (χ4n) is 7.99. The minimum atomic E-state index is 0.824. The van der Waals surface area contributed by atoms with Gasteiger partial charge in [-0.25, -0.2) is 19.9 Å². The van der Waals surface area contributed by atoms with E-state index in [4.69, 9.17) is 24.9 Å². The van der Waals surface area contributed by atoms with E-state index in [1.165, 1.54) is 0 Å².